The smallest absolute Gasteiger partial charge is 0.243 e. The van der Waals surface area contributed by atoms with Gasteiger partial charge in [0.25, 0.3) is 0 Å². The number of hydrogen-bond acceptors (Lipinski definition) is 5. The fraction of sp³-hybridized carbons (Fsp3) is 0.333. The molecule has 6 nitrogen and oxygen atoms in total. The third kappa shape index (κ3) is 3.80. The van der Waals surface area contributed by atoms with E-state index in [2.05, 4.69) is 6.07 Å². The van der Waals surface area contributed by atoms with Crippen molar-refractivity contribution >= 4 is 5.91 Å². The Morgan fingerprint density at radius 1 is 1.30 bits per heavy atom. The van der Waals surface area contributed by atoms with E-state index in [4.69, 9.17) is 9.57 Å². The molecule has 0 saturated heterocycles. The van der Waals surface area contributed by atoms with Crippen molar-refractivity contribution in [1.29, 1.82) is 5.26 Å². The van der Waals surface area contributed by atoms with Crippen LogP contribution in [-0.4, -0.2) is 27.8 Å². The number of aliphatic hydroxyl groups excluding tert-OH is 1. The number of hydroxylamine groups is 2. The van der Waals surface area contributed by atoms with Gasteiger partial charge in [-0.15, -0.1) is 0 Å². The summed E-state index contributed by atoms with van der Waals surface area (Å²) in [6, 6.07) is 15.7. The van der Waals surface area contributed by atoms with E-state index in [1.54, 1.807) is 32.0 Å². The van der Waals surface area contributed by atoms with Crippen LogP contribution >= 0.6 is 0 Å². The number of rotatable bonds is 4. The molecule has 0 aliphatic carbocycles. The molecular formula is C21H22N2O4. The molecule has 1 heterocycles. The molecule has 27 heavy (non-hydrogen) atoms. The highest BCUT2D eigenvalue weighted by atomic mass is 16.7. The first-order valence-electron chi connectivity index (χ1n) is 8.71. The lowest BCUT2D eigenvalue weighted by Crippen LogP contribution is -2.54. The number of carbonyl (C=O) groups excluding carboxylic acids is 1. The standard InChI is InChI=1S/C21H22N2O4/c1-14(24)23(26-13-15-7-5-4-6-8-15)19-17-11-16(12-22)9-10-18(17)27-21(2,3)20(19)25/h4-11,19-20,25H,13H2,1-3H3/t19-,20-/m0/s1. The van der Waals surface area contributed by atoms with Crippen LogP contribution in [0.15, 0.2) is 48.5 Å². The maximum absolute atomic E-state index is 12.4. The SMILES string of the molecule is CC(=O)N(OCc1ccccc1)[C@H]1c2cc(C#N)ccc2OC(C)(C)[C@H]1O. The van der Waals surface area contributed by atoms with E-state index < -0.39 is 17.7 Å². The van der Waals surface area contributed by atoms with Crippen LogP contribution in [0.4, 0.5) is 0 Å². The van der Waals surface area contributed by atoms with Gasteiger partial charge >= 0.3 is 0 Å². The van der Waals surface area contributed by atoms with Crippen LogP contribution in [-0.2, 0) is 16.2 Å². The van der Waals surface area contributed by atoms with E-state index in [1.807, 2.05) is 30.3 Å². The molecule has 0 radical (unpaired) electrons. The number of benzene rings is 2. The molecule has 2 aromatic rings. The molecule has 0 unspecified atom stereocenters. The number of fused-ring (bicyclic) bond motifs is 1. The molecule has 1 amide bonds. The molecule has 2 aromatic carbocycles. The van der Waals surface area contributed by atoms with Crippen molar-refractivity contribution < 1.29 is 19.5 Å². The third-order valence-corrected chi connectivity index (χ3v) is 4.62. The van der Waals surface area contributed by atoms with Crippen molar-refractivity contribution in [2.75, 3.05) is 0 Å². The average molecular weight is 366 g/mol. The van der Waals surface area contributed by atoms with E-state index in [0.717, 1.165) is 5.56 Å². The fourth-order valence-electron chi connectivity index (χ4n) is 3.18. The van der Waals surface area contributed by atoms with Gasteiger partial charge in [-0.3, -0.25) is 9.63 Å². The summed E-state index contributed by atoms with van der Waals surface area (Å²) in [6.07, 6.45) is -1.04. The number of carbonyl (C=O) groups is 1. The van der Waals surface area contributed by atoms with E-state index in [9.17, 15) is 15.2 Å². The molecule has 6 heteroatoms. The summed E-state index contributed by atoms with van der Waals surface area (Å²) >= 11 is 0. The van der Waals surface area contributed by atoms with E-state index in [1.165, 1.54) is 12.0 Å². The van der Waals surface area contributed by atoms with Gasteiger partial charge in [-0.25, -0.2) is 5.06 Å². The second-order valence-corrected chi connectivity index (χ2v) is 7.06. The van der Waals surface area contributed by atoms with Gasteiger partial charge in [0.05, 0.1) is 11.6 Å². The predicted octanol–water partition coefficient (Wildman–Crippen LogP) is 3.11. The normalized spacial score (nSPS) is 20.1. The molecule has 3 rings (SSSR count). The zero-order chi connectivity index (χ0) is 19.6. The first-order valence-corrected chi connectivity index (χ1v) is 8.71. The van der Waals surface area contributed by atoms with Gasteiger partial charge < -0.3 is 9.84 Å². The largest absolute Gasteiger partial charge is 0.485 e. The zero-order valence-corrected chi connectivity index (χ0v) is 15.5. The number of amides is 1. The minimum absolute atomic E-state index is 0.179. The van der Waals surface area contributed by atoms with E-state index >= 15 is 0 Å². The molecule has 1 aliphatic rings. The fourth-order valence-corrected chi connectivity index (χ4v) is 3.18. The average Bonchev–Trinajstić information content (AvgIpc) is 2.64. The Labute approximate surface area is 158 Å². The Hall–Kier alpha value is -2.88. The van der Waals surface area contributed by atoms with Crippen molar-refractivity contribution in [3.8, 4) is 11.8 Å². The van der Waals surface area contributed by atoms with Gasteiger partial charge in [0.1, 0.15) is 30.1 Å². The highest BCUT2D eigenvalue weighted by Gasteiger charge is 2.47. The van der Waals surface area contributed by atoms with Crippen LogP contribution in [0.1, 0.15) is 43.5 Å². The van der Waals surface area contributed by atoms with Gasteiger partial charge in [0.2, 0.25) is 5.91 Å². The second kappa shape index (κ2) is 7.39. The molecule has 140 valence electrons. The Kier molecular flexibility index (Phi) is 5.17. The maximum atomic E-state index is 12.4. The van der Waals surface area contributed by atoms with Gasteiger partial charge in [-0.05, 0) is 37.6 Å². The number of hydrogen-bond donors (Lipinski definition) is 1. The number of ether oxygens (including phenoxy) is 1. The lowest BCUT2D eigenvalue weighted by atomic mass is 9.85. The number of aliphatic hydroxyl groups is 1. The van der Waals surface area contributed by atoms with Gasteiger partial charge in [0, 0.05) is 12.5 Å². The molecular weight excluding hydrogens is 344 g/mol. The first-order chi connectivity index (χ1) is 12.8. The third-order valence-electron chi connectivity index (χ3n) is 4.62. The van der Waals surface area contributed by atoms with Gasteiger partial charge in [-0.2, -0.15) is 5.26 Å². The van der Waals surface area contributed by atoms with E-state index in [0.29, 0.717) is 16.9 Å². The van der Waals surface area contributed by atoms with Gasteiger partial charge in [-0.1, -0.05) is 30.3 Å². The Morgan fingerprint density at radius 3 is 2.63 bits per heavy atom. The molecule has 0 aromatic heterocycles. The van der Waals surface area contributed by atoms with Crippen LogP contribution in [0.2, 0.25) is 0 Å². The molecule has 0 bridgehead atoms. The summed E-state index contributed by atoms with van der Waals surface area (Å²) in [7, 11) is 0. The highest BCUT2D eigenvalue weighted by molar-refractivity contribution is 5.73. The molecule has 1 aliphatic heterocycles. The Balaban J connectivity index is 1.99. The highest BCUT2D eigenvalue weighted by Crippen LogP contribution is 2.43. The summed E-state index contributed by atoms with van der Waals surface area (Å²) in [5.41, 5.74) is 0.927. The molecule has 1 N–H and O–H groups in total. The van der Waals surface area contributed by atoms with E-state index in [-0.39, 0.29) is 12.5 Å². The summed E-state index contributed by atoms with van der Waals surface area (Å²) < 4.78 is 5.90. The minimum atomic E-state index is -1.04. The monoisotopic (exact) mass is 366 g/mol. The topological polar surface area (TPSA) is 82.8 Å². The summed E-state index contributed by atoms with van der Waals surface area (Å²) in [6.45, 7) is 5.06. The van der Waals surface area contributed by atoms with Crippen molar-refractivity contribution in [2.24, 2.45) is 0 Å². The van der Waals surface area contributed by atoms with Crippen LogP contribution in [0.5, 0.6) is 5.75 Å². The first kappa shape index (κ1) is 18.9. The lowest BCUT2D eigenvalue weighted by Gasteiger charge is -2.45. The number of nitriles is 1. The van der Waals surface area contributed by atoms with Crippen LogP contribution in [0.3, 0.4) is 0 Å². The molecule has 0 fully saturated rings. The Morgan fingerprint density at radius 2 is 2.00 bits per heavy atom. The van der Waals surface area contributed by atoms with Crippen molar-refractivity contribution in [3.05, 3.63) is 65.2 Å². The summed E-state index contributed by atoms with van der Waals surface area (Å²) in [4.78, 5) is 18.2. The molecule has 0 spiro atoms. The predicted molar refractivity (Wildman–Crippen MR) is 98.4 cm³/mol. The molecule has 2 atom stereocenters. The second-order valence-electron chi connectivity index (χ2n) is 7.06. The maximum Gasteiger partial charge on any atom is 0.243 e. The van der Waals surface area contributed by atoms with Crippen molar-refractivity contribution in [1.82, 2.24) is 5.06 Å². The van der Waals surface area contributed by atoms with Crippen LogP contribution in [0.25, 0.3) is 0 Å². The van der Waals surface area contributed by atoms with Crippen LogP contribution in [0, 0.1) is 11.3 Å². The zero-order valence-electron chi connectivity index (χ0n) is 15.5. The molecule has 0 saturated carbocycles. The Bertz CT molecular complexity index is 873. The van der Waals surface area contributed by atoms with Crippen molar-refractivity contribution in [2.45, 2.75) is 45.1 Å². The summed E-state index contributed by atoms with van der Waals surface area (Å²) in [5, 5.41) is 21.4. The van der Waals surface area contributed by atoms with Gasteiger partial charge in [0.15, 0.2) is 0 Å². The summed E-state index contributed by atoms with van der Waals surface area (Å²) in [5.74, 6) is 0.171. The number of nitrogens with zero attached hydrogens (tertiary/aromatic N) is 2. The quantitative estimate of drug-likeness (QED) is 0.841. The minimum Gasteiger partial charge on any atom is -0.485 e. The van der Waals surface area contributed by atoms with Crippen molar-refractivity contribution in [3.63, 3.8) is 0 Å². The van der Waals surface area contributed by atoms with Crippen LogP contribution < -0.4 is 4.74 Å². The lowest BCUT2D eigenvalue weighted by molar-refractivity contribution is -0.232.